The third kappa shape index (κ3) is 3.68. The summed E-state index contributed by atoms with van der Waals surface area (Å²) in [6, 6.07) is 1.53. The smallest absolute Gasteiger partial charge is 0.411 e. The van der Waals surface area contributed by atoms with Crippen molar-refractivity contribution in [3.05, 3.63) is 22.8 Å². The van der Waals surface area contributed by atoms with Gasteiger partial charge in [-0.05, 0) is 33.8 Å². The first-order valence-corrected chi connectivity index (χ1v) is 7.06. The number of carbonyl (C=O) groups is 2. The number of aromatic nitrogens is 1. The molecule has 1 aromatic heterocycles. The van der Waals surface area contributed by atoms with Crippen molar-refractivity contribution in [2.75, 3.05) is 14.2 Å². The molecule has 0 bridgehead atoms. The fourth-order valence-electron chi connectivity index (χ4n) is 1.86. The van der Waals surface area contributed by atoms with Gasteiger partial charge in [0.1, 0.15) is 17.4 Å². The van der Waals surface area contributed by atoms with E-state index in [1.807, 2.05) is 0 Å². The van der Waals surface area contributed by atoms with Gasteiger partial charge in [0.15, 0.2) is 0 Å². The van der Waals surface area contributed by atoms with Gasteiger partial charge in [-0.2, -0.15) is 0 Å². The van der Waals surface area contributed by atoms with E-state index in [1.54, 1.807) is 27.7 Å². The van der Waals surface area contributed by atoms with Crippen molar-refractivity contribution >= 4 is 24.0 Å². The largest absolute Gasteiger partial charge is 0.481 e. The molecule has 0 aliphatic carbocycles. The highest BCUT2D eigenvalue weighted by atomic mass is 35.5. The molecule has 122 valence electrons. The molecule has 0 spiro atoms. The molecule has 0 saturated heterocycles. The van der Waals surface area contributed by atoms with Crippen molar-refractivity contribution in [1.82, 2.24) is 9.88 Å². The Bertz CT molecular complexity index is 571. The van der Waals surface area contributed by atoms with Gasteiger partial charge in [-0.25, -0.2) is 9.78 Å². The Hall–Kier alpha value is -1.82. The number of ether oxygens (including phenoxy) is 2. The molecule has 1 amide bonds. The van der Waals surface area contributed by atoms with Crippen LogP contribution in [0.4, 0.5) is 4.79 Å². The number of aldehydes is 1. The highest BCUT2D eigenvalue weighted by Crippen LogP contribution is 2.37. The summed E-state index contributed by atoms with van der Waals surface area (Å²) in [5.74, 6) is 0.178. The Labute approximate surface area is 135 Å². The van der Waals surface area contributed by atoms with Crippen LogP contribution in [0.2, 0.25) is 5.02 Å². The van der Waals surface area contributed by atoms with Gasteiger partial charge in [0.2, 0.25) is 5.88 Å². The van der Waals surface area contributed by atoms with Gasteiger partial charge in [0, 0.05) is 13.2 Å². The number of likely N-dealkylation sites (N-methyl/N-ethyl adjacent to an activating group) is 1. The average Bonchev–Trinajstić information content (AvgIpc) is 2.43. The summed E-state index contributed by atoms with van der Waals surface area (Å²) in [4.78, 5) is 29.3. The number of hydrogen-bond donors (Lipinski definition) is 0. The highest BCUT2D eigenvalue weighted by Gasteiger charge is 2.41. The third-order valence-electron chi connectivity index (χ3n) is 3.16. The van der Waals surface area contributed by atoms with Crippen molar-refractivity contribution in [1.29, 1.82) is 0 Å². The minimum Gasteiger partial charge on any atom is -0.481 e. The van der Waals surface area contributed by atoms with E-state index in [-0.39, 0.29) is 10.9 Å². The Morgan fingerprint density at radius 3 is 2.41 bits per heavy atom. The van der Waals surface area contributed by atoms with E-state index in [9.17, 15) is 9.59 Å². The molecule has 1 aromatic rings. The number of methoxy groups -OCH3 is 1. The van der Waals surface area contributed by atoms with Gasteiger partial charge in [-0.15, -0.1) is 0 Å². The Morgan fingerprint density at radius 2 is 1.95 bits per heavy atom. The lowest BCUT2D eigenvalue weighted by Crippen LogP contribution is -2.48. The van der Waals surface area contributed by atoms with Crippen LogP contribution in [0.3, 0.4) is 0 Å². The lowest BCUT2D eigenvalue weighted by Gasteiger charge is -2.36. The van der Waals surface area contributed by atoms with Crippen LogP contribution in [0.1, 0.15) is 33.3 Å². The van der Waals surface area contributed by atoms with Crippen molar-refractivity contribution in [3.8, 4) is 5.88 Å². The van der Waals surface area contributed by atoms with E-state index >= 15 is 0 Å². The lowest BCUT2D eigenvalue weighted by molar-refractivity contribution is -0.117. The van der Waals surface area contributed by atoms with E-state index < -0.39 is 17.2 Å². The number of rotatable bonds is 4. The van der Waals surface area contributed by atoms with Gasteiger partial charge >= 0.3 is 6.09 Å². The molecule has 6 nitrogen and oxygen atoms in total. The second-order valence-electron chi connectivity index (χ2n) is 5.98. The summed E-state index contributed by atoms with van der Waals surface area (Å²) >= 11 is 6.20. The number of amides is 1. The quantitative estimate of drug-likeness (QED) is 0.795. The van der Waals surface area contributed by atoms with E-state index in [4.69, 9.17) is 21.1 Å². The second kappa shape index (κ2) is 6.52. The summed E-state index contributed by atoms with van der Waals surface area (Å²) in [5.41, 5.74) is -1.75. The summed E-state index contributed by atoms with van der Waals surface area (Å²) in [7, 11) is 2.88. The number of halogens is 1. The molecule has 7 heteroatoms. The number of carbonyl (C=O) groups excluding carboxylic acids is 2. The van der Waals surface area contributed by atoms with Gasteiger partial charge in [0.05, 0.1) is 17.7 Å². The van der Waals surface area contributed by atoms with Crippen molar-refractivity contribution < 1.29 is 19.1 Å². The maximum atomic E-state index is 12.3. The van der Waals surface area contributed by atoms with E-state index in [1.165, 1.54) is 31.3 Å². The molecule has 0 aliphatic rings. The predicted molar refractivity (Wildman–Crippen MR) is 83.2 cm³/mol. The lowest BCUT2D eigenvalue weighted by atomic mass is 9.93. The molecule has 0 N–H and O–H groups in total. The summed E-state index contributed by atoms with van der Waals surface area (Å²) in [5, 5.41) is 0.275. The van der Waals surface area contributed by atoms with E-state index in [0.29, 0.717) is 11.8 Å². The van der Waals surface area contributed by atoms with Crippen LogP contribution in [-0.2, 0) is 15.1 Å². The van der Waals surface area contributed by atoms with Crippen LogP contribution in [0.5, 0.6) is 5.88 Å². The molecule has 1 unspecified atom stereocenters. The van der Waals surface area contributed by atoms with Crippen LogP contribution in [0.25, 0.3) is 0 Å². The van der Waals surface area contributed by atoms with Crippen LogP contribution in [0, 0.1) is 0 Å². The fourth-order valence-corrected chi connectivity index (χ4v) is 2.19. The van der Waals surface area contributed by atoms with Gasteiger partial charge in [0.25, 0.3) is 0 Å². The Kier molecular flexibility index (Phi) is 5.40. The molecule has 1 rings (SSSR count). The zero-order valence-electron chi connectivity index (χ0n) is 13.6. The second-order valence-corrected chi connectivity index (χ2v) is 6.39. The summed E-state index contributed by atoms with van der Waals surface area (Å²) < 4.78 is 10.5. The van der Waals surface area contributed by atoms with Crippen molar-refractivity contribution in [2.45, 2.75) is 38.8 Å². The molecule has 0 aromatic carbocycles. The molecule has 0 saturated carbocycles. The number of hydrogen-bond acceptors (Lipinski definition) is 5. The van der Waals surface area contributed by atoms with Gasteiger partial charge < -0.3 is 14.3 Å². The molecule has 22 heavy (non-hydrogen) atoms. The Balaban J connectivity index is 3.33. The van der Waals surface area contributed by atoms with Crippen molar-refractivity contribution in [2.24, 2.45) is 0 Å². The molecule has 0 fully saturated rings. The topological polar surface area (TPSA) is 68.7 Å². The molecule has 0 radical (unpaired) electrons. The SMILES string of the molecule is COc1nccc(Cl)c1C(C)(C=O)N(C)C(=O)OC(C)(C)C. The van der Waals surface area contributed by atoms with E-state index in [2.05, 4.69) is 4.98 Å². The fraction of sp³-hybridized carbons (Fsp3) is 0.533. The minimum absolute atomic E-state index is 0.178. The van der Waals surface area contributed by atoms with E-state index in [0.717, 1.165) is 0 Å². The van der Waals surface area contributed by atoms with Crippen molar-refractivity contribution in [3.63, 3.8) is 0 Å². The average molecular weight is 329 g/mol. The first-order valence-electron chi connectivity index (χ1n) is 6.69. The standard InChI is InChI=1S/C15H21ClN2O4/c1-14(2,3)22-13(20)18(5)15(4,9-19)11-10(16)7-8-17-12(11)21-6/h7-9H,1-6H3. The zero-order chi connectivity index (χ0) is 17.1. The molecular weight excluding hydrogens is 308 g/mol. The molecule has 0 aliphatic heterocycles. The van der Waals surface area contributed by atoms with Gasteiger partial charge in [-0.3, -0.25) is 4.90 Å². The zero-order valence-corrected chi connectivity index (χ0v) is 14.4. The monoisotopic (exact) mass is 328 g/mol. The Morgan fingerprint density at radius 1 is 1.36 bits per heavy atom. The number of pyridine rings is 1. The highest BCUT2D eigenvalue weighted by molar-refractivity contribution is 6.31. The molecule has 1 heterocycles. The van der Waals surface area contributed by atoms with Crippen LogP contribution >= 0.6 is 11.6 Å². The van der Waals surface area contributed by atoms with Crippen LogP contribution in [0.15, 0.2) is 12.3 Å². The van der Waals surface area contributed by atoms with Crippen LogP contribution < -0.4 is 4.74 Å². The summed E-state index contributed by atoms with van der Waals surface area (Å²) in [6.45, 7) is 6.78. The number of nitrogens with zero attached hydrogens (tertiary/aromatic N) is 2. The first kappa shape index (κ1) is 18.2. The normalized spacial score (nSPS) is 14.0. The molecular formula is C15H21ClN2O4. The summed E-state index contributed by atoms with van der Waals surface area (Å²) in [6.07, 6.45) is 1.43. The maximum Gasteiger partial charge on any atom is 0.411 e. The molecule has 1 atom stereocenters. The van der Waals surface area contributed by atoms with Crippen LogP contribution in [-0.4, -0.2) is 42.0 Å². The maximum absolute atomic E-state index is 12.3. The minimum atomic E-state index is -1.38. The third-order valence-corrected chi connectivity index (χ3v) is 3.47. The van der Waals surface area contributed by atoms with Gasteiger partial charge in [-0.1, -0.05) is 11.6 Å². The predicted octanol–water partition coefficient (Wildman–Crippen LogP) is 3.02. The first-order chi connectivity index (χ1) is 10.1.